The lowest BCUT2D eigenvalue weighted by Crippen LogP contribution is -2.24. The number of carbonyl (C=O) groups excluding carboxylic acids is 1. The monoisotopic (exact) mass is 295 g/mol. The molecule has 0 aliphatic carbocycles. The van der Waals surface area contributed by atoms with Crippen LogP contribution in [0.4, 0.5) is 8.78 Å². The number of ether oxygens (including phenoxy) is 1. The van der Waals surface area contributed by atoms with Crippen LogP contribution in [0, 0.1) is 6.92 Å². The summed E-state index contributed by atoms with van der Waals surface area (Å²) in [5.74, 6) is -0.0821. The van der Waals surface area contributed by atoms with Gasteiger partial charge in [0.05, 0.1) is 12.6 Å². The van der Waals surface area contributed by atoms with Gasteiger partial charge in [-0.2, -0.15) is 13.9 Å². The van der Waals surface area contributed by atoms with Crippen molar-refractivity contribution in [3.63, 3.8) is 0 Å². The minimum atomic E-state index is -2.85. The fourth-order valence-corrected chi connectivity index (χ4v) is 1.78. The zero-order valence-corrected chi connectivity index (χ0v) is 11.4. The van der Waals surface area contributed by atoms with Gasteiger partial charge >= 0.3 is 6.61 Å². The Morgan fingerprint density at radius 1 is 1.38 bits per heavy atom. The highest BCUT2D eigenvalue weighted by atomic mass is 19.3. The lowest BCUT2D eigenvalue weighted by molar-refractivity contribution is -0.120. The molecule has 112 valence electrons. The van der Waals surface area contributed by atoms with Crippen LogP contribution in [-0.4, -0.2) is 22.7 Å². The van der Waals surface area contributed by atoms with Crippen LogP contribution in [0.1, 0.15) is 16.8 Å². The van der Waals surface area contributed by atoms with Crippen molar-refractivity contribution in [1.82, 2.24) is 15.5 Å². The van der Waals surface area contributed by atoms with Gasteiger partial charge in [0.2, 0.25) is 5.91 Å². The number of amides is 1. The summed E-state index contributed by atoms with van der Waals surface area (Å²) < 4.78 is 28.2. The van der Waals surface area contributed by atoms with Crippen molar-refractivity contribution in [2.45, 2.75) is 26.5 Å². The molecule has 1 heterocycles. The van der Waals surface area contributed by atoms with Crippen molar-refractivity contribution < 1.29 is 18.3 Å². The summed E-state index contributed by atoms with van der Waals surface area (Å²) in [4.78, 5) is 11.8. The molecule has 5 nitrogen and oxygen atoms in total. The molecule has 0 saturated heterocycles. The number of rotatable bonds is 6. The first kappa shape index (κ1) is 15.0. The third kappa shape index (κ3) is 4.55. The molecule has 1 aromatic carbocycles. The van der Waals surface area contributed by atoms with E-state index in [0.717, 1.165) is 16.8 Å². The van der Waals surface area contributed by atoms with Gasteiger partial charge < -0.3 is 10.1 Å². The molecular formula is C14H15F2N3O2. The normalized spacial score (nSPS) is 10.7. The second-order valence-corrected chi connectivity index (χ2v) is 4.50. The van der Waals surface area contributed by atoms with Crippen LogP contribution < -0.4 is 10.1 Å². The topological polar surface area (TPSA) is 67.0 Å². The maximum Gasteiger partial charge on any atom is 0.387 e. The standard InChI is InChI=1S/C14H15F2N3O2/c1-9-11(8-18-19-9)7-17-13(20)6-10-2-4-12(5-3-10)21-14(15)16/h2-5,8,14H,6-7H2,1H3,(H,17,20)(H,18,19). The molecule has 0 saturated carbocycles. The molecular weight excluding hydrogens is 280 g/mol. The molecule has 0 fully saturated rings. The number of carbonyl (C=O) groups is 1. The second kappa shape index (κ2) is 6.83. The number of aromatic amines is 1. The van der Waals surface area contributed by atoms with Gasteiger partial charge in [-0.15, -0.1) is 0 Å². The molecule has 0 bridgehead atoms. The first-order valence-corrected chi connectivity index (χ1v) is 6.34. The summed E-state index contributed by atoms with van der Waals surface area (Å²) in [5.41, 5.74) is 2.55. The maximum atomic E-state index is 12.0. The summed E-state index contributed by atoms with van der Waals surface area (Å²) in [6, 6.07) is 5.99. The van der Waals surface area contributed by atoms with Gasteiger partial charge in [-0.1, -0.05) is 12.1 Å². The lowest BCUT2D eigenvalue weighted by Gasteiger charge is -2.07. The molecule has 0 atom stereocenters. The number of benzene rings is 1. The number of H-pyrrole nitrogens is 1. The predicted molar refractivity (Wildman–Crippen MR) is 71.9 cm³/mol. The Bertz CT molecular complexity index is 597. The van der Waals surface area contributed by atoms with E-state index < -0.39 is 6.61 Å². The average Bonchev–Trinajstić information content (AvgIpc) is 2.84. The minimum absolute atomic E-state index is 0.0724. The van der Waals surface area contributed by atoms with Gasteiger partial charge in [0.15, 0.2) is 0 Å². The van der Waals surface area contributed by atoms with Crippen molar-refractivity contribution >= 4 is 5.91 Å². The SMILES string of the molecule is Cc1[nH]ncc1CNC(=O)Cc1ccc(OC(F)F)cc1. The van der Waals surface area contributed by atoms with Crippen LogP contribution in [0.15, 0.2) is 30.5 Å². The molecule has 0 aliphatic heterocycles. The largest absolute Gasteiger partial charge is 0.435 e. The first-order chi connectivity index (χ1) is 10.0. The Balaban J connectivity index is 1.83. The highest BCUT2D eigenvalue weighted by molar-refractivity contribution is 5.78. The van der Waals surface area contributed by atoms with E-state index in [4.69, 9.17) is 0 Å². The van der Waals surface area contributed by atoms with Gasteiger partial charge in [0.1, 0.15) is 5.75 Å². The number of hydrogen-bond donors (Lipinski definition) is 2. The van der Waals surface area contributed by atoms with Crippen LogP contribution >= 0.6 is 0 Å². The van der Waals surface area contributed by atoms with Crippen molar-refractivity contribution in [3.8, 4) is 5.75 Å². The Morgan fingerprint density at radius 3 is 2.67 bits per heavy atom. The van der Waals surface area contributed by atoms with Crippen LogP contribution in [0.3, 0.4) is 0 Å². The zero-order valence-electron chi connectivity index (χ0n) is 11.4. The highest BCUT2D eigenvalue weighted by Crippen LogP contribution is 2.15. The number of hydrogen-bond acceptors (Lipinski definition) is 3. The van der Waals surface area contributed by atoms with Crippen molar-refractivity contribution in [1.29, 1.82) is 0 Å². The number of halogens is 2. The zero-order chi connectivity index (χ0) is 15.2. The molecule has 7 heteroatoms. The van der Waals surface area contributed by atoms with E-state index in [1.807, 2.05) is 6.92 Å². The summed E-state index contributed by atoms with van der Waals surface area (Å²) in [5, 5.41) is 9.42. The number of nitrogens with zero attached hydrogens (tertiary/aromatic N) is 1. The molecule has 1 aromatic heterocycles. The molecule has 0 unspecified atom stereocenters. The van der Waals surface area contributed by atoms with Crippen molar-refractivity contribution in [3.05, 3.63) is 47.3 Å². The number of aryl methyl sites for hydroxylation is 1. The van der Waals surface area contributed by atoms with Crippen molar-refractivity contribution in [2.75, 3.05) is 0 Å². The average molecular weight is 295 g/mol. The summed E-state index contributed by atoms with van der Waals surface area (Å²) in [6.45, 7) is -0.582. The van der Waals surface area contributed by atoms with Crippen LogP contribution in [0.5, 0.6) is 5.75 Å². The fourth-order valence-electron chi connectivity index (χ4n) is 1.78. The van der Waals surface area contributed by atoms with Gasteiger partial charge in [-0.3, -0.25) is 9.89 Å². The Labute approximate surface area is 120 Å². The molecule has 21 heavy (non-hydrogen) atoms. The smallest absolute Gasteiger partial charge is 0.387 e. The van der Waals surface area contributed by atoms with Gasteiger partial charge in [-0.25, -0.2) is 0 Å². The molecule has 0 spiro atoms. The third-order valence-corrected chi connectivity index (χ3v) is 2.92. The van der Waals surface area contributed by atoms with E-state index in [9.17, 15) is 13.6 Å². The molecule has 1 amide bonds. The molecule has 2 aromatic rings. The van der Waals surface area contributed by atoms with Gasteiger partial charge in [0, 0.05) is 17.8 Å². The highest BCUT2D eigenvalue weighted by Gasteiger charge is 2.07. The van der Waals surface area contributed by atoms with E-state index in [1.165, 1.54) is 12.1 Å². The van der Waals surface area contributed by atoms with E-state index in [2.05, 4.69) is 20.3 Å². The minimum Gasteiger partial charge on any atom is -0.435 e. The Hall–Kier alpha value is -2.44. The quantitative estimate of drug-likeness (QED) is 0.858. The summed E-state index contributed by atoms with van der Waals surface area (Å²) in [7, 11) is 0. The van der Waals surface area contributed by atoms with Crippen molar-refractivity contribution in [2.24, 2.45) is 0 Å². The van der Waals surface area contributed by atoms with E-state index in [1.54, 1.807) is 18.3 Å². The third-order valence-electron chi connectivity index (χ3n) is 2.92. The number of alkyl halides is 2. The lowest BCUT2D eigenvalue weighted by atomic mass is 10.1. The van der Waals surface area contributed by atoms with Gasteiger partial charge in [-0.05, 0) is 24.6 Å². The predicted octanol–water partition coefficient (Wildman–Crippen LogP) is 2.18. The van der Waals surface area contributed by atoms with Crippen LogP contribution in [0.2, 0.25) is 0 Å². The molecule has 2 N–H and O–H groups in total. The van der Waals surface area contributed by atoms with E-state index in [0.29, 0.717) is 6.54 Å². The number of aromatic nitrogens is 2. The molecule has 0 radical (unpaired) electrons. The van der Waals surface area contributed by atoms with Crippen LogP contribution in [-0.2, 0) is 17.8 Å². The van der Waals surface area contributed by atoms with E-state index >= 15 is 0 Å². The summed E-state index contributed by atoms with van der Waals surface area (Å²) >= 11 is 0. The maximum absolute atomic E-state index is 12.0. The summed E-state index contributed by atoms with van der Waals surface area (Å²) in [6.07, 6.45) is 1.83. The van der Waals surface area contributed by atoms with Gasteiger partial charge in [0.25, 0.3) is 0 Å². The molecule has 2 rings (SSSR count). The van der Waals surface area contributed by atoms with Crippen LogP contribution in [0.25, 0.3) is 0 Å². The second-order valence-electron chi connectivity index (χ2n) is 4.50. The fraction of sp³-hybridized carbons (Fsp3) is 0.286. The Kier molecular flexibility index (Phi) is 4.86. The molecule has 0 aliphatic rings. The Morgan fingerprint density at radius 2 is 2.10 bits per heavy atom. The first-order valence-electron chi connectivity index (χ1n) is 6.34. The number of nitrogens with one attached hydrogen (secondary N) is 2. The van der Waals surface area contributed by atoms with E-state index in [-0.39, 0.29) is 18.1 Å².